The van der Waals surface area contributed by atoms with Crippen molar-refractivity contribution in [2.75, 3.05) is 50.2 Å². The maximum Gasteiger partial charge on any atom is 0.418 e. The summed E-state index contributed by atoms with van der Waals surface area (Å²) in [6.07, 6.45) is -4.67. The standard InChI is InChI=1S/C24H28F3N3O5/c1-15(2)28-22(31)14-35-20-7-4-16(12-21(20)33-3)23(32)29-19-6-5-17(13-18(19)24(25,26)27)30-8-10-34-11-9-30/h4-7,12-13,15H,8-11,14H2,1-3H3,(H,28,31)(H,29,32). The van der Waals surface area contributed by atoms with Crippen LogP contribution in [0.4, 0.5) is 24.5 Å². The van der Waals surface area contributed by atoms with Gasteiger partial charge in [-0.05, 0) is 50.2 Å². The van der Waals surface area contributed by atoms with Gasteiger partial charge in [0.05, 0.1) is 31.6 Å². The van der Waals surface area contributed by atoms with Gasteiger partial charge in [-0.3, -0.25) is 9.59 Å². The van der Waals surface area contributed by atoms with Crippen LogP contribution in [0.5, 0.6) is 11.5 Å². The third kappa shape index (κ3) is 7.01. The van der Waals surface area contributed by atoms with Crippen LogP contribution in [0.25, 0.3) is 0 Å². The average molecular weight is 495 g/mol. The van der Waals surface area contributed by atoms with Gasteiger partial charge in [-0.1, -0.05) is 0 Å². The molecule has 8 nitrogen and oxygen atoms in total. The third-order valence-electron chi connectivity index (χ3n) is 5.17. The van der Waals surface area contributed by atoms with Crippen LogP contribution in [-0.4, -0.2) is 57.9 Å². The molecule has 0 bridgehead atoms. The smallest absolute Gasteiger partial charge is 0.418 e. The molecule has 1 saturated heterocycles. The van der Waals surface area contributed by atoms with E-state index in [1.165, 1.54) is 37.4 Å². The van der Waals surface area contributed by atoms with Crippen LogP contribution in [0.2, 0.25) is 0 Å². The molecule has 1 fully saturated rings. The summed E-state index contributed by atoms with van der Waals surface area (Å²) in [5.74, 6) is -0.705. The molecule has 2 aromatic rings. The normalized spacial score (nSPS) is 14.0. The van der Waals surface area contributed by atoms with Crippen LogP contribution in [0.1, 0.15) is 29.8 Å². The number of rotatable bonds is 8. The van der Waals surface area contributed by atoms with E-state index in [0.717, 1.165) is 6.07 Å². The van der Waals surface area contributed by atoms with Crippen molar-refractivity contribution in [1.82, 2.24) is 5.32 Å². The fourth-order valence-corrected chi connectivity index (χ4v) is 3.52. The molecule has 2 amide bonds. The summed E-state index contributed by atoms with van der Waals surface area (Å²) in [4.78, 5) is 26.4. The van der Waals surface area contributed by atoms with Crippen molar-refractivity contribution in [1.29, 1.82) is 0 Å². The summed E-state index contributed by atoms with van der Waals surface area (Å²) in [6.45, 7) is 5.20. The lowest BCUT2D eigenvalue weighted by atomic mass is 10.1. The number of anilines is 2. The van der Waals surface area contributed by atoms with E-state index < -0.39 is 17.6 Å². The molecule has 2 N–H and O–H groups in total. The summed E-state index contributed by atoms with van der Waals surface area (Å²) in [5.41, 5.74) is -0.836. The van der Waals surface area contributed by atoms with E-state index in [9.17, 15) is 22.8 Å². The highest BCUT2D eigenvalue weighted by Crippen LogP contribution is 2.38. The predicted octanol–water partition coefficient (Wildman–Crippen LogP) is 3.71. The molecular formula is C24H28F3N3O5. The third-order valence-corrected chi connectivity index (χ3v) is 5.17. The Balaban J connectivity index is 1.77. The van der Waals surface area contributed by atoms with Gasteiger partial charge in [0.15, 0.2) is 18.1 Å². The number of carbonyl (C=O) groups is 2. The summed E-state index contributed by atoms with van der Waals surface area (Å²) in [7, 11) is 1.35. The van der Waals surface area contributed by atoms with Crippen LogP contribution >= 0.6 is 0 Å². The summed E-state index contributed by atoms with van der Waals surface area (Å²) in [5, 5.41) is 5.02. The number of carbonyl (C=O) groups excluding carboxylic acids is 2. The number of halogens is 3. The Labute approximate surface area is 201 Å². The van der Waals surface area contributed by atoms with Gasteiger partial charge in [-0.15, -0.1) is 0 Å². The van der Waals surface area contributed by atoms with E-state index in [0.29, 0.717) is 32.0 Å². The van der Waals surface area contributed by atoms with Gasteiger partial charge in [0.2, 0.25) is 0 Å². The van der Waals surface area contributed by atoms with Gasteiger partial charge >= 0.3 is 6.18 Å². The molecule has 1 heterocycles. The zero-order valence-corrected chi connectivity index (χ0v) is 19.7. The molecule has 0 aliphatic carbocycles. The van der Waals surface area contributed by atoms with Crippen LogP contribution in [0.3, 0.4) is 0 Å². The van der Waals surface area contributed by atoms with Crippen molar-refractivity contribution in [3.8, 4) is 11.5 Å². The number of methoxy groups -OCH3 is 1. The summed E-state index contributed by atoms with van der Waals surface area (Å²) >= 11 is 0. The Morgan fingerprint density at radius 1 is 1.09 bits per heavy atom. The van der Waals surface area contributed by atoms with Gasteiger partial charge in [0.25, 0.3) is 11.8 Å². The Morgan fingerprint density at radius 3 is 2.43 bits per heavy atom. The highest BCUT2D eigenvalue weighted by molar-refractivity contribution is 6.05. The van der Waals surface area contributed by atoms with Crippen molar-refractivity contribution in [2.24, 2.45) is 0 Å². The SMILES string of the molecule is COc1cc(C(=O)Nc2ccc(N3CCOCC3)cc2C(F)(F)F)ccc1OCC(=O)NC(C)C. The van der Waals surface area contributed by atoms with Gasteiger partial charge in [-0.2, -0.15) is 13.2 Å². The maximum absolute atomic E-state index is 13.8. The molecule has 35 heavy (non-hydrogen) atoms. The number of morpholine rings is 1. The number of hydrogen-bond acceptors (Lipinski definition) is 6. The number of amides is 2. The zero-order valence-electron chi connectivity index (χ0n) is 19.7. The maximum atomic E-state index is 13.8. The van der Waals surface area contributed by atoms with Crippen molar-refractivity contribution in [2.45, 2.75) is 26.1 Å². The minimum absolute atomic E-state index is 0.0522. The molecule has 0 radical (unpaired) electrons. The van der Waals surface area contributed by atoms with E-state index in [-0.39, 0.29) is 41.3 Å². The lowest BCUT2D eigenvalue weighted by Crippen LogP contribution is -2.36. The van der Waals surface area contributed by atoms with E-state index in [4.69, 9.17) is 14.2 Å². The second-order valence-electron chi connectivity index (χ2n) is 8.16. The molecule has 3 rings (SSSR count). The van der Waals surface area contributed by atoms with Gasteiger partial charge in [0, 0.05) is 30.4 Å². The molecule has 11 heteroatoms. The van der Waals surface area contributed by atoms with Crippen molar-refractivity contribution in [3.63, 3.8) is 0 Å². The number of benzene rings is 2. The summed E-state index contributed by atoms with van der Waals surface area (Å²) in [6, 6.07) is 7.89. The van der Waals surface area contributed by atoms with Crippen molar-refractivity contribution >= 4 is 23.2 Å². The van der Waals surface area contributed by atoms with E-state index in [1.54, 1.807) is 4.90 Å². The molecule has 190 valence electrons. The first-order valence-corrected chi connectivity index (χ1v) is 11.0. The molecule has 1 aliphatic rings. The highest BCUT2D eigenvalue weighted by atomic mass is 19.4. The zero-order chi connectivity index (χ0) is 25.6. The molecule has 2 aromatic carbocycles. The van der Waals surface area contributed by atoms with Crippen molar-refractivity contribution in [3.05, 3.63) is 47.5 Å². The topological polar surface area (TPSA) is 89.1 Å². The van der Waals surface area contributed by atoms with Crippen LogP contribution in [0.15, 0.2) is 36.4 Å². The van der Waals surface area contributed by atoms with Crippen molar-refractivity contribution < 1.29 is 37.0 Å². The van der Waals surface area contributed by atoms with E-state index >= 15 is 0 Å². The molecule has 0 spiro atoms. The molecule has 0 unspecified atom stereocenters. The molecule has 0 saturated carbocycles. The fraction of sp³-hybridized carbons (Fsp3) is 0.417. The first kappa shape index (κ1) is 26.1. The second-order valence-corrected chi connectivity index (χ2v) is 8.16. The first-order valence-electron chi connectivity index (χ1n) is 11.0. The molecular weight excluding hydrogens is 467 g/mol. The number of nitrogens with zero attached hydrogens (tertiary/aromatic N) is 1. The minimum atomic E-state index is -4.67. The lowest BCUT2D eigenvalue weighted by molar-refractivity contribution is -0.136. The largest absolute Gasteiger partial charge is 0.493 e. The Morgan fingerprint density at radius 2 is 1.80 bits per heavy atom. The number of hydrogen-bond donors (Lipinski definition) is 2. The average Bonchev–Trinajstić information content (AvgIpc) is 2.82. The monoisotopic (exact) mass is 495 g/mol. The quantitative estimate of drug-likeness (QED) is 0.581. The Kier molecular flexibility index (Phi) is 8.44. The Bertz CT molecular complexity index is 1050. The Hall–Kier alpha value is -3.47. The number of alkyl halides is 3. The van der Waals surface area contributed by atoms with Gasteiger partial charge < -0.3 is 29.7 Å². The van der Waals surface area contributed by atoms with E-state index in [1.807, 2.05) is 13.8 Å². The van der Waals surface area contributed by atoms with Gasteiger partial charge in [0.1, 0.15) is 0 Å². The summed E-state index contributed by atoms with van der Waals surface area (Å²) < 4.78 is 57.3. The minimum Gasteiger partial charge on any atom is -0.493 e. The second kappa shape index (κ2) is 11.3. The van der Waals surface area contributed by atoms with Crippen LogP contribution < -0.4 is 25.0 Å². The van der Waals surface area contributed by atoms with Gasteiger partial charge in [-0.25, -0.2) is 0 Å². The van der Waals surface area contributed by atoms with Crippen LogP contribution in [0, 0.1) is 0 Å². The number of nitrogens with one attached hydrogen (secondary N) is 2. The molecule has 0 aromatic heterocycles. The fourth-order valence-electron chi connectivity index (χ4n) is 3.52. The first-order chi connectivity index (χ1) is 16.6. The lowest BCUT2D eigenvalue weighted by Gasteiger charge is -2.29. The molecule has 1 aliphatic heterocycles. The number of ether oxygens (including phenoxy) is 3. The highest BCUT2D eigenvalue weighted by Gasteiger charge is 2.35. The molecule has 0 atom stereocenters. The predicted molar refractivity (Wildman–Crippen MR) is 124 cm³/mol. The van der Waals surface area contributed by atoms with Crippen LogP contribution in [-0.2, 0) is 15.7 Å². The van der Waals surface area contributed by atoms with E-state index in [2.05, 4.69) is 10.6 Å².